The molecule has 1 amide bonds. The number of rotatable bonds is 4. The molecule has 2 atom stereocenters. The summed E-state index contributed by atoms with van der Waals surface area (Å²) in [6.45, 7) is 6.60. The van der Waals surface area contributed by atoms with Crippen LogP contribution in [0.25, 0.3) is 0 Å². The molecule has 2 N–H and O–H groups in total. The lowest BCUT2D eigenvalue weighted by molar-refractivity contribution is -0.127. The monoisotopic (exact) mass is 198 g/mol. The standard InChI is InChI=1S/C10H18N2O2/c1-7(5-8(2)13)12-9(14)10(3,4)6-11/h7-8,13H,5H2,1-4H3,(H,12,14). The van der Waals surface area contributed by atoms with Gasteiger partial charge in [0.2, 0.25) is 5.91 Å². The number of hydrogen-bond acceptors (Lipinski definition) is 3. The highest BCUT2D eigenvalue weighted by atomic mass is 16.3. The Balaban J connectivity index is 4.15. The molecule has 4 heteroatoms. The highest BCUT2D eigenvalue weighted by Crippen LogP contribution is 2.13. The second-order valence-electron chi connectivity index (χ2n) is 4.20. The van der Waals surface area contributed by atoms with Gasteiger partial charge in [-0.25, -0.2) is 0 Å². The number of hydrogen-bond donors (Lipinski definition) is 2. The van der Waals surface area contributed by atoms with Crippen molar-refractivity contribution < 1.29 is 9.90 Å². The van der Waals surface area contributed by atoms with E-state index in [4.69, 9.17) is 10.4 Å². The van der Waals surface area contributed by atoms with Crippen molar-refractivity contribution >= 4 is 5.91 Å². The summed E-state index contributed by atoms with van der Waals surface area (Å²) in [6, 6.07) is 1.81. The topological polar surface area (TPSA) is 73.1 Å². The molecule has 2 unspecified atom stereocenters. The summed E-state index contributed by atoms with van der Waals surface area (Å²) in [5.74, 6) is -0.298. The average molecular weight is 198 g/mol. The Kier molecular flexibility index (Phi) is 4.58. The van der Waals surface area contributed by atoms with E-state index < -0.39 is 11.5 Å². The van der Waals surface area contributed by atoms with E-state index in [-0.39, 0.29) is 11.9 Å². The minimum Gasteiger partial charge on any atom is -0.393 e. The van der Waals surface area contributed by atoms with Crippen molar-refractivity contribution in [2.45, 2.75) is 46.3 Å². The van der Waals surface area contributed by atoms with E-state index in [1.165, 1.54) is 0 Å². The molecule has 0 saturated carbocycles. The highest BCUT2D eigenvalue weighted by molar-refractivity contribution is 5.84. The minimum absolute atomic E-state index is 0.116. The van der Waals surface area contributed by atoms with Crippen molar-refractivity contribution in [1.82, 2.24) is 5.32 Å². The molecule has 80 valence electrons. The fraction of sp³-hybridized carbons (Fsp3) is 0.800. The fourth-order valence-electron chi connectivity index (χ4n) is 1.03. The van der Waals surface area contributed by atoms with Gasteiger partial charge in [0.15, 0.2) is 0 Å². The van der Waals surface area contributed by atoms with E-state index in [9.17, 15) is 4.79 Å². The fourth-order valence-corrected chi connectivity index (χ4v) is 1.03. The van der Waals surface area contributed by atoms with E-state index in [1.54, 1.807) is 27.7 Å². The number of carbonyl (C=O) groups is 1. The third kappa shape index (κ3) is 4.24. The number of nitrogens with one attached hydrogen (secondary N) is 1. The molecule has 14 heavy (non-hydrogen) atoms. The number of aliphatic hydroxyl groups is 1. The van der Waals surface area contributed by atoms with Crippen molar-refractivity contribution in [3.8, 4) is 6.07 Å². The first kappa shape index (κ1) is 12.9. The van der Waals surface area contributed by atoms with Crippen LogP contribution >= 0.6 is 0 Å². The van der Waals surface area contributed by atoms with Crippen LogP contribution in [-0.4, -0.2) is 23.2 Å². The van der Waals surface area contributed by atoms with Crippen LogP contribution in [0.3, 0.4) is 0 Å². The molecule has 0 heterocycles. The van der Waals surface area contributed by atoms with Crippen molar-refractivity contribution in [3.05, 3.63) is 0 Å². The van der Waals surface area contributed by atoms with Gasteiger partial charge in [0.05, 0.1) is 12.2 Å². The number of carbonyl (C=O) groups excluding carboxylic acids is 1. The van der Waals surface area contributed by atoms with E-state index in [0.717, 1.165) is 0 Å². The Morgan fingerprint density at radius 3 is 2.43 bits per heavy atom. The van der Waals surface area contributed by atoms with Crippen LogP contribution in [0.15, 0.2) is 0 Å². The first-order chi connectivity index (χ1) is 6.29. The Morgan fingerprint density at radius 1 is 1.57 bits per heavy atom. The van der Waals surface area contributed by atoms with Gasteiger partial charge in [0, 0.05) is 6.04 Å². The molecule has 0 fully saturated rings. The Labute approximate surface area is 84.9 Å². The van der Waals surface area contributed by atoms with Crippen molar-refractivity contribution in [2.75, 3.05) is 0 Å². The van der Waals surface area contributed by atoms with E-state index in [0.29, 0.717) is 6.42 Å². The lowest BCUT2D eigenvalue weighted by atomic mass is 9.94. The molecular weight excluding hydrogens is 180 g/mol. The zero-order valence-corrected chi connectivity index (χ0v) is 9.16. The summed E-state index contributed by atoms with van der Waals surface area (Å²) < 4.78 is 0. The molecule has 0 spiro atoms. The van der Waals surface area contributed by atoms with Gasteiger partial charge in [-0.1, -0.05) is 0 Å². The third-order valence-corrected chi connectivity index (χ3v) is 1.92. The maximum absolute atomic E-state index is 11.5. The molecule has 0 rings (SSSR count). The Hall–Kier alpha value is -1.08. The lowest BCUT2D eigenvalue weighted by Gasteiger charge is -2.20. The van der Waals surface area contributed by atoms with Crippen LogP contribution in [-0.2, 0) is 4.79 Å². The van der Waals surface area contributed by atoms with Crippen LogP contribution in [0, 0.1) is 16.7 Å². The first-order valence-electron chi connectivity index (χ1n) is 4.70. The summed E-state index contributed by atoms with van der Waals surface area (Å²) in [5, 5.41) is 20.5. The molecule has 0 radical (unpaired) electrons. The van der Waals surface area contributed by atoms with Crippen LogP contribution in [0.4, 0.5) is 0 Å². The highest BCUT2D eigenvalue weighted by Gasteiger charge is 2.28. The zero-order chi connectivity index (χ0) is 11.4. The smallest absolute Gasteiger partial charge is 0.240 e. The predicted octanol–water partition coefficient (Wildman–Crippen LogP) is 0.812. The maximum atomic E-state index is 11.5. The molecule has 0 aromatic carbocycles. The average Bonchev–Trinajstić information content (AvgIpc) is 2.02. The normalized spacial score (nSPS) is 15.4. The Morgan fingerprint density at radius 2 is 2.07 bits per heavy atom. The van der Waals surface area contributed by atoms with Gasteiger partial charge in [0.25, 0.3) is 0 Å². The molecule has 0 aliphatic carbocycles. The predicted molar refractivity (Wildman–Crippen MR) is 53.3 cm³/mol. The van der Waals surface area contributed by atoms with Gasteiger partial charge >= 0.3 is 0 Å². The minimum atomic E-state index is -1.01. The second-order valence-corrected chi connectivity index (χ2v) is 4.20. The van der Waals surface area contributed by atoms with E-state index in [1.807, 2.05) is 6.07 Å². The zero-order valence-electron chi connectivity index (χ0n) is 9.16. The molecule has 0 aliphatic heterocycles. The van der Waals surface area contributed by atoms with Gasteiger partial charge in [0.1, 0.15) is 5.41 Å². The number of nitriles is 1. The van der Waals surface area contributed by atoms with Gasteiger partial charge in [-0.15, -0.1) is 0 Å². The van der Waals surface area contributed by atoms with E-state index in [2.05, 4.69) is 5.32 Å². The van der Waals surface area contributed by atoms with Crippen LogP contribution in [0.1, 0.15) is 34.1 Å². The first-order valence-corrected chi connectivity index (χ1v) is 4.70. The largest absolute Gasteiger partial charge is 0.393 e. The Bertz CT molecular complexity index is 241. The van der Waals surface area contributed by atoms with Crippen LogP contribution in [0.5, 0.6) is 0 Å². The summed E-state index contributed by atoms with van der Waals surface area (Å²) in [7, 11) is 0. The van der Waals surface area contributed by atoms with Gasteiger partial charge in [-0.3, -0.25) is 4.79 Å². The number of aliphatic hydroxyl groups excluding tert-OH is 1. The summed E-state index contributed by atoms with van der Waals surface area (Å²) in [4.78, 5) is 11.5. The molecule has 4 nitrogen and oxygen atoms in total. The molecule has 0 aliphatic rings. The molecular formula is C10H18N2O2. The summed E-state index contributed by atoms with van der Waals surface area (Å²) in [6.07, 6.45) is 0.0447. The molecule has 0 aromatic rings. The van der Waals surface area contributed by atoms with Gasteiger partial charge in [-0.2, -0.15) is 5.26 Å². The maximum Gasteiger partial charge on any atom is 0.240 e. The van der Waals surface area contributed by atoms with Crippen molar-refractivity contribution in [3.63, 3.8) is 0 Å². The molecule has 0 aromatic heterocycles. The van der Waals surface area contributed by atoms with Crippen LogP contribution in [0.2, 0.25) is 0 Å². The van der Waals surface area contributed by atoms with Crippen molar-refractivity contribution in [2.24, 2.45) is 5.41 Å². The SMILES string of the molecule is CC(O)CC(C)NC(=O)C(C)(C)C#N. The molecule has 0 bridgehead atoms. The van der Waals surface area contributed by atoms with Crippen LogP contribution < -0.4 is 5.32 Å². The number of nitrogens with zero attached hydrogens (tertiary/aromatic N) is 1. The lowest BCUT2D eigenvalue weighted by Crippen LogP contribution is -2.42. The third-order valence-electron chi connectivity index (χ3n) is 1.92. The van der Waals surface area contributed by atoms with Crippen molar-refractivity contribution in [1.29, 1.82) is 5.26 Å². The number of amides is 1. The quantitative estimate of drug-likeness (QED) is 0.702. The molecule has 0 saturated heterocycles. The second kappa shape index (κ2) is 4.97. The van der Waals surface area contributed by atoms with Gasteiger partial charge in [-0.05, 0) is 34.1 Å². The van der Waals surface area contributed by atoms with Gasteiger partial charge < -0.3 is 10.4 Å². The summed E-state index contributed by atoms with van der Waals surface area (Å²) >= 11 is 0. The summed E-state index contributed by atoms with van der Waals surface area (Å²) in [5.41, 5.74) is -1.01. The van der Waals surface area contributed by atoms with E-state index >= 15 is 0 Å².